The van der Waals surface area contributed by atoms with E-state index >= 15 is 0 Å². The summed E-state index contributed by atoms with van der Waals surface area (Å²) >= 11 is 0. The molecular weight excluding hydrogens is 208 g/mol. The first-order valence-electron chi connectivity index (χ1n) is 6.23. The summed E-state index contributed by atoms with van der Waals surface area (Å²) in [6.07, 6.45) is 3.54. The van der Waals surface area contributed by atoms with Crippen molar-refractivity contribution in [3.05, 3.63) is 0 Å². The monoisotopic (exact) mass is 230 g/mol. The van der Waals surface area contributed by atoms with E-state index in [1.807, 2.05) is 0 Å². The van der Waals surface area contributed by atoms with Gasteiger partial charge in [0.15, 0.2) is 0 Å². The van der Waals surface area contributed by atoms with Gasteiger partial charge in [0.2, 0.25) is 0 Å². The Morgan fingerprint density at radius 1 is 1.19 bits per heavy atom. The Morgan fingerprint density at radius 2 is 1.81 bits per heavy atom. The topological polar surface area (TPSA) is 69.9 Å². The molecule has 94 valence electrons. The number of ether oxygens (including phenoxy) is 1. The maximum absolute atomic E-state index is 9.99. The van der Waals surface area contributed by atoms with Gasteiger partial charge in [0.25, 0.3) is 0 Å². The lowest BCUT2D eigenvalue weighted by molar-refractivity contribution is -0.112. The first kappa shape index (κ1) is 12.3. The second-order valence-electron chi connectivity index (χ2n) is 5.39. The standard InChI is InChI=1S/C12H22O4/c1-12(7-13)11(15)9(14)10(16-12)8-5-3-2-4-6-8/h8-11,13-15H,2-7H2,1H3/t9?,10?,11?,12-/m0/s1. The molecule has 0 radical (unpaired) electrons. The molecule has 2 aliphatic rings. The molecule has 3 unspecified atom stereocenters. The zero-order valence-electron chi connectivity index (χ0n) is 9.80. The van der Waals surface area contributed by atoms with Crippen LogP contribution in [0.3, 0.4) is 0 Å². The first-order valence-corrected chi connectivity index (χ1v) is 6.23. The lowest BCUT2D eigenvalue weighted by atomic mass is 9.82. The Labute approximate surface area is 96.2 Å². The van der Waals surface area contributed by atoms with Gasteiger partial charge in [-0.15, -0.1) is 0 Å². The number of rotatable bonds is 2. The summed E-state index contributed by atoms with van der Waals surface area (Å²) in [6, 6.07) is 0. The SMILES string of the molecule is C[C@@]1(CO)OC(C2CCCCC2)C(O)C1O. The fraction of sp³-hybridized carbons (Fsp3) is 1.00. The molecule has 16 heavy (non-hydrogen) atoms. The van der Waals surface area contributed by atoms with Gasteiger partial charge in [0.1, 0.15) is 17.8 Å². The van der Waals surface area contributed by atoms with Crippen molar-refractivity contribution in [1.82, 2.24) is 0 Å². The minimum absolute atomic E-state index is 0.256. The molecule has 0 aromatic heterocycles. The van der Waals surface area contributed by atoms with Crippen LogP contribution >= 0.6 is 0 Å². The normalized spacial score (nSPS) is 46.1. The van der Waals surface area contributed by atoms with Crippen molar-refractivity contribution in [2.75, 3.05) is 6.61 Å². The molecule has 0 bridgehead atoms. The van der Waals surface area contributed by atoms with Gasteiger partial charge in [0.05, 0.1) is 12.7 Å². The molecule has 2 rings (SSSR count). The lowest BCUT2D eigenvalue weighted by Crippen LogP contribution is -2.43. The first-order chi connectivity index (χ1) is 7.58. The molecule has 0 spiro atoms. The van der Waals surface area contributed by atoms with Crippen LogP contribution in [0.15, 0.2) is 0 Å². The van der Waals surface area contributed by atoms with Crippen LogP contribution in [0.5, 0.6) is 0 Å². The number of hydrogen-bond donors (Lipinski definition) is 3. The smallest absolute Gasteiger partial charge is 0.117 e. The molecule has 4 nitrogen and oxygen atoms in total. The Hall–Kier alpha value is -0.160. The highest BCUT2D eigenvalue weighted by Crippen LogP contribution is 2.39. The molecule has 1 heterocycles. The van der Waals surface area contributed by atoms with Gasteiger partial charge in [-0.1, -0.05) is 19.3 Å². The number of hydrogen-bond acceptors (Lipinski definition) is 4. The Bertz CT molecular complexity index is 237. The predicted octanol–water partition coefficient (Wildman–Crippen LogP) is 0.438. The van der Waals surface area contributed by atoms with E-state index < -0.39 is 17.8 Å². The van der Waals surface area contributed by atoms with E-state index in [0.29, 0.717) is 5.92 Å². The van der Waals surface area contributed by atoms with Crippen LogP contribution in [0, 0.1) is 5.92 Å². The van der Waals surface area contributed by atoms with E-state index in [4.69, 9.17) is 4.74 Å². The van der Waals surface area contributed by atoms with Crippen LogP contribution in [0.2, 0.25) is 0 Å². The van der Waals surface area contributed by atoms with Crippen molar-refractivity contribution in [3.8, 4) is 0 Å². The minimum atomic E-state index is -0.998. The predicted molar refractivity (Wildman–Crippen MR) is 59.0 cm³/mol. The van der Waals surface area contributed by atoms with Crippen molar-refractivity contribution in [2.45, 2.75) is 62.9 Å². The molecule has 3 N–H and O–H groups in total. The van der Waals surface area contributed by atoms with Crippen molar-refractivity contribution in [2.24, 2.45) is 5.92 Å². The van der Waals surface area contributed by atoms with Gasteiger partial charge in [-0.2, -0.15) is 0 Å². The average Bonchev–Trinajstić information content (AvgIpc) is 2.56. The Morgan fingerprint density at radius 3 is 2.31 bits per heavy atom. The van der Waals surface area contributed by atoms with E-state index in [1.165, 1.54) is 19.3 Å². The van der Waals surface area contributed by atoms with Crippen LogP contribution in [0.4, 0.5) is 0 Å². The van der Waals surface area contributed by atoms with Gasteiger partial charge < -0.3 is 20.1 Å². The quantitative estimate of drug-likeness (QED) is 0.644. The molecule has 0 aromatic carbocycles. The van der Waals surface area contributed by atoms with Crippen molar-refractivity contribution in [3.63, 3.8) is 0 Å². The third kappa shape index (κ3) is 1.99. The second-order valence-corrected chi connectivity index (χ2v) is 5.39. The van der Waals surface area contributed by atoms with Crippen LogP contribution in [-0.2, 0) is 4.74 Å². The van der Waals surface area contributed by atoms with Gasteiger partial charge in [0, 0.05) is 0 Å². The van der Waals surface area contributed by atoms with E-state index in [-0.39, 0.29) is 12.7 Å². The van der Waals surface area contributed by atoms with E-state index in [2.05, 4.69) is 0 Å². The fourth-order valence-electron chi connectivity index (χ4n) is 2.96. The van der Waals surface area contributed by atoms with Gasteiger partial charge in [-0.3, -0.25) is 0 Å². The van der Waals surface area contributed by atoms with Crippen LogP contribution < -0.4 is 0 Å². The molecule has 1 aliphatic heterocycles. The summed E-state index contributed by atoms with van der Waals surface area (Å²) < 4.78 is 5.71. The molecule has 4 atom stereocenters. The van der Waals surface area contributed by atoms with E-state index in [1.54, 1.807) is 6.92 Å². The van der Waals surface area contributed by atoms with Crippen molar-refractivity contribution in [1.29, 1.82) is 0 Å². The summed E-state index contributed by atoms with van der Waals surface area (Å²) in [6.45, 7) is 1.40. The summed E-state index contributed by atoms with van der Waals surface area (Å²) in [5.41, 5.74) is -0.998. The average molecular weight is 230 g/mol. The fourth-order valence-corrected chi connectivity index (χ4v) is 2.96. The van der Waals surface area contributed by atoms with Crippen LogP contribution in [-0.4, -0.2) is 45.8 Å². The van der Waals surface area contributed by atoms with Gasteiger partial charge in [-0.25, -0.2) is 0 Å². The van der Waals surface area contributed by atoms with Crippen LogP contribution in [0.1, 0.15) is 39.0 Å². The Kier molecular flexibility index (Phi) is 3.54. The third-order valence-electron chi connectivity index (χ3n) is 4.12. The summed E-state index contributed by atoms with van der Waals surface area (Å²) in [5, 5.41) is 29.1. The van der Waals surface area contributed by atoms with Gasteiger partial charge >= 0.3 is 0 Å². The van der Waals surface area contributed by atoms with E-state index in [9.17, 15) is 15.3 Å². The second kappa shape index (κ2) is 4.61. The van der Waals surface area contributed by atoms with Crippen molar-refractivity contribution >= 4 is 0 Å². The lowest BCUT2D eigenvalue weighted by Gasteiger charge is -2.30. The largest absolute Gasteiger partial charge is 0.393 e. The van der Waals surface area contributed by atoms with Crippen LogP contribution in [0.25, 0.3) is 0 Å². The molecular formula is C12H22O4. The third-order valence-corrected chi connectivity index (χ3v) is 4.12. The summed E-state index contributed by atoms with van der Waals surface area (Å²) in [5.74, 6) is 0.326. The Balaban J connectivity index is 2.06. The number of aliphatic hydroxyl groups excluding tert-OH is 3. The molecule has 1 saturated heterocycles. The highest BCUT2D eigenvalue weighted by Gasteiger charge is 2.52. The summed E-state index contributed by atoms with van der Waals surface area (Å²) in [4.78, 5) is 0. The zero-order valence-corrected chi connectivity index (χ0v) is 9.80. The maximum Gasteiger partial charge on any atom is 0.117 e. The zero-order chi connectivity index (χ0) is 11.8. The van der Waals surface area contributed by atoms with E-state index in [0.717, 1.165) is 12.8 Å². The highest BCUT2D eigenvalue weighted by molar-refractivity contribution is 5.01. The molecule has 1 aliphatic carbocycles. The maximum atomic E-state index is 9.99. The number of aliphatic hydroxyl groups is 3. The minimum Gasteiger partial charge on any atom is -0.393 e. The highest BCUT2D eigenvalue weighted by atomic mass is 16.6. The molecule has 0 amide bonds. The molecule has 0 aromatic rings. The van der Waals surface area contributed by atoms with Gasteiger partial charge in [-0.05, 0) is 25.7 Å². The molecule has 4 heteroatoms. The summed E-state index contributed by atoms with van der Waals surface area (Å²) in [7, 11) is 0. The molecule has 1 saturated carbocycles. The molecule has 2 fully saturated rings. The van der Waals surface area contributed by atoms with Crippen molar-refractivity contribution < 1.29 is 20.1 Å².